The number of carbonyl (C=O) groups is 1. The molecule has 28 heavy (non-hydrogen) atoms. The molecule has 5 nitrogen and oxygen atoms in total. The molecule has 0 saturated carbocycles. The summed E-state index contributed by atoms with van der Waals surface area (Å²) in [7, 11) is -3.78. The van der Waals surface area contributed by atoms with Gasteiger partial charge in [0.1, 0.15) is 0 Å². The third-order valence-electron chi connectivity index (χ3n) is 4.51. The molecule has 0 aromatic heterocycles. The van der Waals surface area contributed by atoms with E-state index in [-0.39, 0.29) is 16.1 Å². The van der Waals surface area contributed by atoms with Gasteiger partial charge in [0, 0.05) is 23.2 Å². The van der Waals surface area contributed by atoms with Gasteiger partial charge >= 0.3 is 0 Å². The summed E-state index contributed by atoms with van der Waals surface area (Å²) in [6.07, 6.45) is 2.76. The van der Waals surface area contributed by atoms with Gasteiger partial charge in [-0.1, -0.05) is 43.1 Å². The fraction of sp³-hybridized carbons (Fsp3) is 0.286. The second-order valence-corrected chi connectivity index (χ2v) is 10.0. The maximum atomic E-state index is 12.8. The van der Waals surface area contributed by atoms with Crippen LogP contribution in [0.2, 0.25) is 5.02 Å². The predicted octanol–water partition coefficient (Wildman–Crippen LogP) is 5.13. The number of allylic oxidation sites excluding steroid dienone is 2. The standard InChI is InChI=1S/C21H23ClN2O3S/c1-14-4-7-18(8-5-14)28(26,27)24-20-10-15(22)6-9-19(20)23-16-11-17(25)13-21(2,3)12-16/h4-11,23-24H,12-13H2,1-3H3. The lowest BCUT2D eigenvalue weighted by Crippen LogP contribution is -2.24. The zero-order chi connectivity index (χ0) is 20.5. The first-order valence-electron chi connectivity index (χ1n) is 8.94. The van der Waals surface area contributed by atoms with E-state index < -0.39 is 10.0 Å². The van der Waals surface area contributed by atoms with E-state index in [0.29, 0.717) is 29.2 Å². The zero-order valence-electron chi connectivity index (χ0n) is 16.0. The summed E-state index contributed by atoms with van der Waals surface area (Å²) in [4.78, 5) is 12.2. The van der Waals surface area contributed by atoms with E-state index in [2.05, 4.69) is 10.0 Å². The van der Waals surface area contributed by atoms with Gasteiger partial charge < -0.3 is 5.32 Å². The molecule has 0 unspecified atom stereocenters. The van der Waals surface area contributed by atoms with Gasteiger partial charge in [-0.25, -0.2) is 8.42 Å². The number of ketones is 1. The maximum absolute atomic E-state index is 12.8. The van der Waals surface area contributed by atoms with Crippen molar-refractivity contribution in [2.24, 2.45) is 5.41 Å². The van der Waals surface area contributed by atoms with E-state index in [0.717, 1.165) is 11.3 Å². The SMILES string of the molecule is Cc1ccc(S(=O)(=O)Nc2cc(Cl)ccc2NC2=CC(=O)CC(C)(C)C2)cc1. The van der Waals surface area contributed by atoms with Crippen LogP contribution in [0.5, 0.6) is 0 Å². The average Bonchev–Trinajstić information content (AvgIpc) is 2.55. The summed E-state index contributed by atoms with van der Waals surface area (Å²) in [6, 6.07) is 11.5. The number of nitrogens with one attached hydrogen (secondary N) is 2. The molecule has 148 valence electrons. The van der Waals surface area contributed by atoms with E-state index in [4.69, 9.17) is 11.6 Å². The van der Waals surface area contributed by atoms with E-state index in [9.17, 15) is 13.2 Å². The van der Waals surface area contributed by atoms with Crippen LogP contribution in [-0.2, 0) is 14.8 Å². The molecule has 1 aliphatic carbocycles. The van der Waals surface area contributed by atoms with Gasteiger partial charge in [-0.2, -0.15) is 0 Å². The number of sulfonamides is 1. The molecule has 0 amide bonds. The summed E-state index contributed by atoms with van der Waals surface area (Å²) < 4.78 is 28.1. The Morgan fingerprint density at radius 1 is 1.00 bits per heavy atom. The molecule has 1 aliphatic rings. The number of carbonyl (C=O) groups excluding carboxylic acids is 1. The lowest BCUT2D eigenvalue weighted by Gasteiger charge is -2.29. The minimum Gasteiger partial charge on any atom is -0.357 e. The van der Waals surface area contributed by atoms with Gasteiger partial charge in [0.15, 0.2) is 5.78 Å². The van der Waals surface area contributed by atoms with Crippen LogP contribution in [0.3, 0.4) is 0 Å². The molecular weight excluding hydrogens is 396 g/mol. The van der Waals surface area contributed by atoms with Gasteiger partial charge in [-0.3, -0.25) is 9.52 Å². The van der Waals surface area contributed by atoms with Crippen molar-refractivity contribution in [2.75, 3.05) is 10.0 Å². The van der Waals surface area contributed by atoms with Gasteiger partial charge in [0.05, 0.1) is 16.3 Å². The summed E-state index contributed by atoms with van der Waals surface area (Å²) in [6.45, 7) is 5.95. The molecule has 2 aromatic carbocycles. The highest BCUT2D eigenvalue weighted by Gasteiger charge is 2.28. The Kier molecular flexibility index (Phi) is 5.55. The number of rotatable bonds is 5. The van der Waals surface area contributed by atoms with Crippen molar-refractivity contribution in [3.63, 3.8) is 0 Å². The molecule has 2 N–H and O–H groups in total. The number of halogens is 1. The monoisotopic (exact) mass is 418 g/mol. The first kappa shape index (κ1) is 20.4. The van der Waals surface area contributed by atoms with E-state index in [1.54, 1.807) is 48.5 Å². The van der Waals surface area contributed by atoms with Gasteiger partial charge in [0.25, 0.3) is 10.0 Å². The summed E-state index contributed by atoms with van der Waals surface area (Å²) in [5.41, 5.74) is 2.43. The highest BCUT2D eigenvalue weighted by Crippen LogP contribution is 2.36. The Labute approximate surface area is 170 Å². The van der Waals surface area contributed by atoms with Crippen molar-refractivity contribution in [3.05, 3.63) is 64.8 Å². The molecule has 0 atom stereocenters. The van der Waals surface area contributed by atoms with Gasteiger partial charge in [-0.15, -0.1) is 0 Å². The van der Waals surface area contributed by atoms with Crippen LogP contribution in [0.25, 0.3) is 0 Å². The zero-order valence-corrected chi connectivity index (χ0v) is 17.6. The van der Waals surface area contributed by atoms with Gasteiger partial charge in [0.2, 0.25) is 0 Å². The topological polar surface area (TPSA) is 75.3 Å². The molecule has 0 bridgehead atoms. The highest BCUT2D eigenvalue weighted by molar-refractivity contribution is 7.92. The Hall–Kier alpha value is -2.31. The summed E-state index contributed by atoms with van der Waals surface area (Å²) in [5, 5.41) is 3.60. The molecule has 0 saturated heterocycles. The Morgan fingerprint density at radius 2 is 1.68 bits per heavy atom. The predicted molar refractivity (Wildman–Crippen MR) is 113 cm³/mol. The van der Waals surface area contributed by atoms with Crippen LogP contribution >= 0.6 is 11.6 Å². The lowest BCUT2D eigenvalue weighted by atomic mass is 9.79. The number of benzene rings is 2. The Bertz CT molecular complexity index is 1040. The fourth-order valence-electron chi connectivity index (χ4n) is 3.23. The number of anilines is 2. The third-order valence-corrected chi connectivity index (χ3v) is 6.13. The fourth-order valence-corrected chi connectivity index (χ4v) is 4.47. The lowest BCUT2D eigenvalue weighted by molar-refractivity contribution is -0.117. The van der Waals surface area contributed by atoms with Crippen molar-refractivity contribution in [3.8, 4) is 0 Å². The first-order valence-corrected chi connectivity index (χ1v) is 10.8. The molecule has 0 spiro atoms. The number of hydrogen-bond donors (Lipinski definition) is 2. The Morgan fingerprint density at radius 3 is 2.32 bits per heavy atom. The van der Waals surface area contributed by atoms with E-state index in [1.807, 2.05) is 20.8 Å². The van der Waals surface area contributed by atoms with E-state index in [1.165, 1.54) is 0 Å². The summed E-state index contributed by atoms with van der Waals surface area (Å²) in [5.74, 6) is 0.0505. The van der Waals surface area contributed by atoms with Crippen molar-refractivity contribution < 1.29 is 13.2 Å². The van der Waals surface area contributed by atoms with Crippen molar-refractivity contribution in [1.29, 1.82) is 0 Å². The van der Waals surface area contributed by atoms with Gasteiger partial charge in [-0.05, 0) is 49.1 Å². The maximum Gasteiger partial charge on any atom is 0.261 e. The largest absolute Gasteiger partial charge is 0.357 e. The quantitative estimate of drug-likeness (QED) is 0.705. The average molecular weight is 419 g/mol. The third kappa shape index (κ3) is 4.94. The molecule has 3 rings (SSSR count). The number of aryl methyl sites for hydroxylation is 1. The molecule has 2 aromatic rings. The minimum absolute atomic E-state index is 0.0505. The Balaban J connectivity index is 1.91. The molecule has 7 heteroatoms. The summed E-state index contributed by atoms with van der Waals surface area (Å²) >= 11 is 6.09. The van der Waals surface area contributed by atoms with Crippen molar-refractivity contribution >= 4 is 38.8 Å². The molecule has 0 aliphatic heterocycles. The molecule has 0 radical (unpaired) electrons. The van der Waals surface area contributed by atoms with Crippen LogP contribution in [0.15, 0.2) is 59.1 Å². The van der Waals surface area contributed by atoms with E-state index >= 15 is 0 Å². The van der Waals surface area contributed by atoms with Crippen LogP contribution in [0.1, 0.15) is 32.3 Å². The molecular formula is C21H23ClN2O3S. The van der Waals surface area contributed by atoms with Crippen molar-refractivity contribution in [2.45, 2.75) is 38.5 Å². The normalized spacial score (nSPS) is 16.4. The second kappa shape index (κ2) is 7.60. The number of hydrogen-bond acceptors (Lipinski definition) is 4. The minimum atomic E-state index is -3.78. The molecule has 0 heterocycles. The van der Waals surface area contributed by atoms with Crippen LogP contribution in [0.4, 0.5) is 11.4 Å². The highest BCUT2D eigenvalue weighted by atomic mass is 35.5. The second-order valence-electron chi connectivity index (χ2n) is 7.89. The molecule has 0 fully saturated rings. The van der Waals surface area contributed by atoms with Crippen LogP contribution in [0, 0.1) is 12.3 Å². The smallest absolute Gasteiger partial charge is 0.261 e. The van der Waals surface area contributed by atoms with Crippen LogP contribution in [-0.4, -0.2) is 14.2 Å². The first-order chi connectivity index (χ1) is 13.0. The van der Waals surface area contributed by atoms with Crippen molar-refractivity contribution in [1.82, 2.24) is 0 Å². The van der Waals surface area contributed by atoms with Crippen LogP contribution < -0.4 is 10.0 Å².